The van der Waals surface area contributed by atoms with Gasteiger partial charge in [0, 0.05) is 18.5 Å². The number of carbonyl (C=O) groups excluding carboxylic acids is 1. The molecule has 0 spiro atoms. The minimum atomic E-state index is -0.439. The van der Waals surface area contributed by atoms with E-state index in [2.05, 4.69) is 5.92 Å². The van der Waals surface area contributed by atoms with Crippen molar-refractivity contribution in [3.8, 4) is 12.3 Å². The van der Waals surface area contributed by atoms with Crippen LogP contribution in [0.2, 0.25) is 0 Å². The van der Waals surface area contributed by atoms with Gasteiger partial charge in [-0.2, -0.15) is 0 Å². The second-order valence-electron chi connectivity index (χ2n) is 4.98. The standard InChI is InChI=1S/C12H19NO2/c1-6-10-7-8-13(9(10)2)11(14)15-12(3,4)5/h1,9-10H,7-8H2,2-5H3. The lowest BCUT2D eigenvalue weighted by molar-refractivity contribution is 0.0230. The predicted molar refractivity (Wildman–Crippen MR) is 59.3 cm³/mol. The van der Waals surface area contributed by atoms with E-state index in [4.69, 9.17) is 11.2 Å². The molecular weight excluding hydrogens is 190 g/mol. The van der Waals surface area contributed by atoms with Gasteiger partial charge in [0.2, 0.25) is 0 Å². The molecule has 84 valence electrons. The molecule has 1 heterocycles. The Morgan fingerprint density at radius 2 is 2.13 bits per heavy atom. The molecule has 0 aromatic heterocycles. The number of terminal acetylenes is 1. The van der Waals surface area contributed by atoms with E-state index in [0.717, 1.165) is 6.42 Å². The van der Waals surface area contributed by atoms with Gasteiger partial charge in [-0.1, -0.05) is 0 Å². The van der Waals surface area contributed by atoms with Gasteiger partial charge < -0.3 is 9.64 Å². The normalized spacial score (nSPS) is 26.2. The minimum absolute atomic E-state index is 0.0878. The number of likely N-dealkylation sites (tertiary alicyclic amines) is 1. The Morgan fingerprint density at radius 1 is 1.53 bits per heavy atom. The molecule has 0 N–H and O–H groups in total. The third-order valence-electron chi connectivity index (χ3n) is 2.60. The van der Waals surface area contributed by atoms with Crippen molar-refractivity contribution < 1.29 is 9.53 Å². The van der Waals surface area contributed by atoms with E-state index in [0.29, 0.717) is 6.54 Å². The molecule has 3 nitrogen and oxygen atoms in total. The highest BCUT2D eigenvalue weighted by Gasteiger charge is 2.35. The summed E-state index contributed by atoms with van der Waals surface area (Å²) in [4.78, 5) is 13.5. The van der Waals surface area contributed by atoms with Crippen molar-refractivity contribution in [2.45, 2.75) is 45.8 Å². The number of nitrogens with zero attached hydrogens (tertiary/aromatic N) is 1. The second kappa shape index (κ2) is 4.14. The van der Waals surface area contributed by atoms with Crippen LogP contribution in [-0.2, 0) is 4.74 Å². The van der Waals surface area contributed by atoms with Crippen molar-refractivity contribution in [3.05, 3.63) is 0 Å². The van der Waals surface area contributed by atoms with Gasteiger partial charge in [0.15, 0.2) is 0 Å². The zero-order valence-electron chi connectivity index (χ0n) is 9.91. The molecule has 1 aliphatic rings. The maximum absolute atomic E-state index is 11.8. The van der Waals surface area contributed by atoms with Crippen LogP contribution in [0.1, 0.15) is 34.1 Å². The first-order chi connectivity index (χ1) is 6.85. The van der Waals surface area contributed by atoms with Crippen LogP contribution in [0.15, 0.2) is 0 Å². The van der Waals surface area contributed by atoms with Gasteiger partial charge in [0.1, 0.15) is 5.60 Å². The molecule has 1 saturated heterocycles. The number of ether oxygens (including phenoxy) is 1. The molecule has 1 rings (SSSR count). The molecule has 3 heteroatoms. The summed E-state index contributed by atoms with van der Waals surface area (Å²) in [5, 5.41) is 0. The van der Waals surface area contributed by atoms with E-state index in [1.54, 1.807) is 4.90 Å². The van der Waals surface area contributed by atoms with E-state index in [-0.39, 0.29) is 18.1 Å². The zero-order valence-corrected chi connectivity index (χ0v) is 9.91. The van der Waals surface area contributed by atoms with Crippen molar-refractivity contribution >= 4 is 6.09 Å². The van der Waals surface area contributed by atoms with Crippen LogP contribution in [0, 0.1) is 18.3 Å². The summed E-state index contributed by atoms with van der Waals surface area (Å²) in [5.74, 6) is 2.88. The van der Waals surface area contributed by atoms with Gasteiger partial charge in [0.25, 0.3) is 0 Å². The molecule has 0 aromatic carbocycles. The van der Waals surface area contributed by atoms with E-state index in [1.807, 2.05) is 27.7 Å². The van der Waals surface area contributed by atoms with Gasteiger partial charge in [-0.3, -0.25) is 0 Å². The minimum Gasteiger partial charge on any atom is -0.444 e. The third-order valence-corrected chi connectivity index (χ3v) is 2.60. The van der Waals surface area contributed by atoms with Crippen LogP contribution in [0.3, 0.4) is 0 Å². The lowest BCUT2D eigenvalue weighted by Crippen LogP contribution is -2.39. The van der Waals surface area contributed by atoms with Gasteiger partial charge in [-0.25, -0.2) is 4.79 Å². The van der Waals surface area contributed by atoms with Crippen LogP contribution < -0.4 is 0 Å². The lowest BCUT2D eigenvalue weighted by atomic mass is 10.0. The number of hydrogen-bond donors (Lipinski definition) is 0. The van der Waals surface area contributed by atoms with E-state index in [9.17, 15) is 4.79 Å². The van der Waals surface area contributed by atoms with Crippen molar-refractivity contribution in [1.82, 2.24) is 4.90 Å². The highest BCUT2D eigenvalue weighted by atomic mass is 16.6. The second-order valence-corrected chi connectivity index (χ2v) is 4.98. The fourth-order valence-corrected chi connectivity index (χ4v) is 1.74. The summed E-state index contributed by atoms with van der Waals surface area (Å²) in [6.07, 6.45) is 6.00. The highest BCUT2D eigenvalue weighted by Crippen LogP contribution is 2.25. The Labute approximate surface area is 91.8 Å². The molecule has 2 atom stereocenters. The average molecular weight is 209 g/mol. The molecule has 0 aromatic rings. The van der Waals surface area contributed by atoms with Crippen LogP contribution in [-0.4, -0.2) is 29.2 Å². The van der Waals surface area contributed by atoms with Gasteiger partial charge in [-0.05, 0) is 34.1 Å². The van der Waals surface area contributed by atoms with Crippen LogP contribution in [0.5, 0.6) is 0 Å². The van der Waals surface area contributed by atoms with Crippen molar-refractivity contribution in [3.63, 3.8) is 0 Å². The van der Waals surface area contributed by atoms with Gasteiger partial charge >= 0.3 is 6.09 Å². The Kier molecular flexibility index (Phi) is 3.28. The van der Waals surface area contributed by atoms with Crippen LogP contribution >= 0.6 is 0 Å². The molecule has 0 aliphatic carbocycles. The summed E-state index contributed by atoms with van der Waals surface area (Å²) in [6, 6.07) is 0.0878. The molecule has 15 heavy (non-hydrogen) atoms. The fraction of sp³-hybridized carbons (Fsp3) is 0.750. The molecule has 0 radical (unpaired) electrons. The molecule has 2 unspecified atom stereocenters. The topological polar surface area (TPSA) is 29.5 Å². The number of carbonyl (C=O) groups is 1. The Morgan fingerprint density at radius 3 is 2.53 bits per heavy atom. The van der Waals surface area contributed by atoms with Crippen molar-refractivity contribution in [1.29, 1.82) is 0 Å². The largest absolute Gasteiger partial charge is 0.444 e. The molecule has 1 amide bonds. The maximum atomic E-state index is 11.8. The Hall–Kier alpha value is -1.17. The molecule has 1 aliphatic heterocycles. The first-order valence-electron chi connectivity index (χ1n) is 5.31. The number of hydrogen-bond acceptors (Lipinski definition) is 2. The summed E-state index contributed by atoms with van der Waals surface area (Å²) in [7, 11) is 0. The monoisotopic (exact) mass is 209 g/mol. The third kappa shape index (κ3) is 2.89. The van der Waals surface area contributed by atoms with Crippen LogP contribution in [0.25, 0.3) is 0 Å². The number of rotatable bonds is 0. The summed E-state index contributed by atoms with van der Waals surface area (Å²) in [5.41, 5.74) is -0.439. The SMILES string of the molecule is C#CC1CCN(C(=O)OC(C)(C)C)C1C. The van der Waals surface area contributed by atoms with E-state index >= 15 is 0 Å². The molecular formula is C12H19NO2. The predicted octanol–water partition coefficient (Wildman–Crippen LogP) is 2.27. The van der Waals surface area contributed by atoms with Crippen molar-refractivity contribution in [2.75, 3.05) is 6.54 Å². The maximum Gasteiger partial charge on any atom is 0.410 e. The Bertz CT molecular complexity index is 285. The van der Waals surface area contributed by atoms with Crippen LogP contribution in [0.4, 0.5) is 4.79 Å². The highest BCUT2D eigenvalue weighted by molar-refractivity contribution is 5.69. The first-order valence-corrected chi connectivity index (χ1v) is 5.31. The summed E-state index contributed by atoms with van der Waals surface area (Å²) < 4.78 is 5.30. The quantitative estimate of drug-likeness (QED) is 0.573. The molecule has 0 bridgehead atoms. The van der Waals surface area contributed by atoms with Gasteiger partial charge in [-0.15, -0.1) is 12.3 Å². The molecule has 1 fully saturated rings. The Balaban J connectivity index is 2.60. The van der Waals surface area contributed by atoms with Gasteiger partial charge in [0.05, 0.1) is 0 Å². The van der Waals surface area contributed by atoms with Crippen molar-refractivity contribution in [2.24, 2.45) is 5.92 Å². The first kappa shape index (κ1) is 11.9. The average Bonchev–Trinajstić information content (AvgIpc) is 2.43. The molecule has 0 saturated carbocycles. The smallest absolute Gasteiger partial charge is 0.410 e. The van der Waals surface area contributed by atoms with E-state index < -0.39 is 5.60 Å². The lowest BCUT2D eigenvalue weighted by Gasteiger charge is -2.27. The fourth-order valence-electron chi connectivity index (χ4n) is 1.74. The number of amides is 1. The van der Waals surface area contributed by atoms with E-state index in [1.165, 1.54) is 0 Å². The zero-order chi connectivity index (χ0) is 11.6. The summed E-state index contributed by atoms with van der Waals surface area (Å²) >= 11 is 0. The summed E-state index contributed by atoms with van der Waals surface area (Å²) in [6.45, 7) is 8.27.